The highest BCUT2D eigenvalue weighted by atomic mass is 19.4. The van der Waals surface area contributed by atoms with E-state index in [1.165, 1.54) is 0 Å². The number of ether oxygens (including phenoxy) is 1. The Morgan fingerprint density at radius 3 is 2.26 bits per heavy atom. The van der Waals surface area contributed by atoms with E-state index >= 15 is 0 Å². The molecule has 106 valence electrons. The number of hydrogen-bond donors (Lipinski definition) is 0. The van der Waals surface area contributed by atoms with Crippen molar-refractivity contribution in [3.63, 3.8) is 0 Å². The number of rotatable bonds is 6. The van der Waals surface area contributed by atoms with Crippen LogP contribution in [0.25, 0.3) is 0 Å². The maximum Gasteiger partial charge on any atom is 0.389 e. The van der Waals surface area contributed by atoms with E-state index in [1.54, 1.807) is 0 Å². The minimum Gasteiger partial charge on any atom is -0.373 e. The van der Waals surface area contributed by atoms with Crippen molar-refractivity contribution in [3.8, 4) is 0 Å². The van der Waals surface area contributed by atoms with E-state index in [0.29, 0.717) is 0 Å². The van der Waals surface area contributed by atoms with Crippen LogP contribution < -0.4 is 0 Å². The standard InChI is InChI=1S/C12H11F5O2/c13-8-3-1-4-9(14)11(8)10(18)7-19-6-2-5-12(15,16)17/h1,3-4H,2,5-7H2. The van der Waals surface area contributed by atoms with Gasteiger partial charge in [-0.05, 0) is 18.6 Å². The summed E-state index contributed by atoms with van der Waals surface area (Å²) in [4.78, 5) is 11.4. The molecule has 19 heavy (non-hydrogen) atoms. The van der Waals surface area contributed by atoms with Crippen LogP contribution in [0.1, 0.15) is 23.2 Å². The third kappa shape index (κ3) is 5.34. The molecule has 0 aliphatic rings. The van der Waals surface area contributed by atoms with Gasteiger partial charge in [-0.3, -0.25) is 4.79 Å². The molecule has 0 amide bonds. The number of Topliss-reactive ketones (excluding diaryl/α,β-unsaturated/α-hetero) is 1. The minimum atomic E-state index is -4.29. The molecule has 0 N–H and O–H groups in total. The number of ketones is 1. The predicted molar refractivity (Wildman–Crippen MR) is 56.8 cm³/mol. The molecule has 0 saturated carbocycles. The lowest BCUT2D eigenvalue weighted by Gasteiger charge is -2.07. The van der Waals surface area contributed by atoms with E-state index < -0.39 is 42.2 Å². The third-order valence-corrected chi connectivity index (χ3v) is 2.22. The molecule has 1 aromatic carbocycles. The van der Waals surface area contributed by atoms with E-state index in [-0.39, 0.29) is 13.0 Å². The van der Waals surface area contributed by atoms with Crippen LogP contribution in [0.4, 0.5) is 22.0 Å². The summed E-state index contributed by atoms with van der Waals surface area (Å²) in [6.07, 6.45) is -5.63. The SMILES string of the molecule is O=C(COCCCC(F)(F)F)c1c(F)cccc1F. The van der Waals surface area contributed by atoms with Crippen LogP contribution in [-0.2, 0) is 4.74 Å². The van der Waals surface area contributed by atoms with Gasteiger partial charge in [-0.1, -0.05) is 6.07 Å². The maximum atomic E-state index is 13.2. The molecular weight excluding hydrogens is 271 g/mol. The van der Waals surface area contributed by atoms with Crippen molar-refractivity contribution in [2.75, 3.05) is 13.2 Å². The average molecular weight is 282 g/mol. The van der Waals surface area contributed by atoms with Crippen LogP contribution in [0.2, 0.25) is 0 Å². The molecule has 0 aromatic heterocycles. The second-order valence-electron chi connectivity index (χ2n) is 3.79. The molecule has 0 radical (unpaired) electrons. The Kier molecular flexibility index (Phi) is 5.41. The van der Waals surface area contributed by atoms with Gasteiger partial charge in [0.05, 0.1) is 5.56 Å². The van der Waals surface area contributed by atoms with Crippen molar-refractivity contribution in [1.29, 1.82) is 0 Å². The van der Waals surface area contributed by atoms with E-state index in [0.717, 1.165) is 18.2 Å². The lowest BCUT2D eigenvalue weighted by molar-refractivity contribution is -0.137. The van der Waals surface area contributed by atoms with Crippen molar-refractivity contribution in [2.24, 2.45) is 0 Å². The van der Waals surface area contributed by atoms with Gasteiger partial charge in [-0.25, -0.2) is 8.78 Å². The second-order valence-corrected chi connectivity index (χ2v) is 3.79. The molecular formula is C12H11F5O2. The van der Waals surface area contributed by atoms with Gasteiger partial charge in [-0.15, -0.1) is 0 Å². The van der Waals surface area contributed by atoms with Crippen molar-refractivity contribution < 1.29 is 31.5 Å². The zero-order chi connectivity index (χ0) is 14.5. The first-order valence-electron chi connectivity index (χ1n) is 5.43. The molecule has 0 heterocycles. The van der Waals surface area contributed by atoms with Gasteiger partial charge in [0.2, 0.25) is 0 Å². The smallest absolute Gasteiger partial charge is 0.373 e. The number of alkyl halides is 3. The molecule has 0 unspecified atom stereocenters. The van der Waals surface area contributed by atoms with Crippen LogP contribution in [-0.4, -0.2) is 25.2 Å². The monoisotopic (exact) mass is 282 g/mol. The Balaban J connectivity index is 2.40. The Morgan fingerprint density at radius 2 is 1.74 bits per heavy atom. The first-order chi connectivity index (χ1) is 8.81. The van der Waals surface area contributed by atoms with Gasteiger partial charge in [0.15, 0.2) is 5.78 Å². The fourth-order valence-corrected chi connectivity index (χ4v) is 1.38. The summed E-state index contributed by atoms with van der Waals surface area (Å²) in [5.74, 6) is -2.99. The number of hydrogen-bond acceptors (Lipinski definition) is 2. The van der Waals surface area contributed by atoms with Crippen molar-refractivity contribution in [1.82, 2.24) is 0 Å². The molecule has 0 aliphatic carbocycles. The maximum absolute atomic E-state index is 13.2. The zero-order valence-corrected chi connectivity index (χ0v) is 9.77. The Morgan fingerprint density at radius 1 is 1.16 bits per heavy atom. The molecule has 0 aliphatic heterocycles. The van der Waals surface area contributed by atoms with E-state index in [4.69, 9.17) is 0 Å². The highest BCUT2D eigenvalue weighted by Crippen LogP contribution is 2.21. The molecule has 2 nitrogen and oxygen atoms in total. The lowest BCUT2D eigenvalue weighted by Crippen LogP contribution is -2.15. The molecule has 0 saturated heterocycles. The van der Waals surface area contributed by atoms with E-state index in [2.05, 4.69) is 4.74 Å². The fourth-order valence-electron chi connectivity index (χ4n) is 1.38. The number of halogens is 5. The van der Waals surface area contributed by atoms with Crippen LogP contribution in [0.5, 0.6) is 0 Å². The summed E-state index contributed by atoms with van der Waals surface area (Å²) >= 11 is 0. The van der Waals surface area contributed by atoms with Crippen LogP contribution >= 0.6 is 0 Å². The minimum absolute atomic E-state index is 0.304. The number of carbonyl (C=O) groups excluding carboxylic acids is 1. The van der Waals surface area contributed by atoms with Crippen LogP contribution in [0.15, 0.2) is 18.2 Å². The summed E-state index contributed by atoms with van der Waals surface area (Å²) < 4.78 is 66.4. The molecule has 0 spiro atoms. The van der Waals surface area contributed by atoms with Crippen LogP contribution in [0, 0.1) is 11.6 Å². The number of carbonyl (C=O) groups is 1. The molecule has 0 bridgehead atoms. The molecule has 7 heteroatoms. The van der Waals surface area contributed by atoms with Gasteiger partial charge in [0.1, 0.15) is 18.2 Å². The van der Waals surface area contributed by atoms with Gasteiger partial charge < -0.3 is 4.74 Å². The Labute approximate surface area is 106 Å². The molecule has 1 aromatic rings. The molecule has 0 fully saturated rings. The Bertz CT molecular complexity index is 422. The van der Waals surface area contributed by atoms with Gasteiger partial charge in [0, 0.05) is 13.0 Å². The predicted octanol–water partition coefficient (Wildman–Crippen LogP) is 3.51. The highest BCUT2D eigenvalue weighted by molar-refractivity contribution is 5.97. The Hall–Kier alpha value is -1.50. The van der Waals surface area contributed by atoms with E-state index in [1.807, 2.05) is 0 Å². The summed E-state index contributed by atoms with van der Waals surface area (Å²) in [6.45, 7) is -0.961. The topological polar surface area (TPSA) is 26.3 Å². The quantitative estimate of drug-likeness (QED) is 0.453. The molecule has 1 rings (SSSR count). The van der Waals surface area contributed by atoms with Crippen molar-refractivity contribution in [3.05, 3.63) is 35.4 Å². The third-order valence-electron chi connectivity index (χ3n) is 2.22. The second kappa shape index (κ2) is 6.60. The summed E-state index contributed by atoms with van der Waals surface area (Å²) in [7, 11) is 0. The fraction of sp³-hybridized carbons (Fsp3) is 0.417. The largest absolute Gasteiger partial charge is 0.389 e. The first kappa shape index (κ1) is 15.6. The van der Waals surface area contributed by atoms with E-state index in [9.17, 15) is 26.7 Å². The lowest BCUT2D eigenvalue weighted by atomic mass is 10.1. The normalized spacial score (nSPS) is 11.6. The summed E-state index contributed by atoms with van der Waals surface area (Å²) in [6, 6.07) is 2.94. The van der Waals surface area contributed by atoms with Crippen molar-refractivity contribution >= 4 is 5.78 Å². The van der Waals surface area contributed by atoms with Gasteiger partial charge >= 0.3 is 6.18 Å². The average Bonchev–Trinajstić information content (AvgIpc) is 2.26. The summed E-state index contributed by atoms with van der Waals surface area (Å²) in [5, 5.41) is 0. The van der Waals surface area contributed by atoms with Gasteiger partial charge in [0.25, 0.3) is 0 Å². The highest BCUT2D eigenvalue weighted by Gasteiger charge is 2.26. The first-order valence-corrected chi connectivity index (χ1v) is 5.43. The molecule has 0 atom stereocenters. The van der Waals surface area contributed by atoms with Gasteiger partial charge in [-0.2, -0.15) is 13.2 Å². The zero-order valence-electron chi connectivity index (χ0n) is 9.77. The van der Waals surface area contributed by atoms with Crippen molar-refractivity contribution in [2.45, 2.75) is 19.0 Å². The van der Waals surface area contributed by atoms with Crippen LogP contribution in [0.3, 0.4) is 0 Å². The number of benzene rings is 1. The summed E-state index contributed by atoms with van der Waals surface area (Å²) in [5.41, 5.74) is -0.738.